The molecule has 1 heterocycles. The number of carbonyl (C=O) groups is 1. The van der Waals surface area contributed by atoms with Crippen molar-refractivity contribution in [3.8, 4) is 5.75 Å². The number of amides is 1. The zero-order chi connectivity index (χ0) is 16.7. The molecule has 7 heteroatoms. The minimum absolute atomic E-state index is 0.195. The van der Waals surface area contributed by atoms with E-state index in [2.05, 4.69) is 22.4 Å². The van der Waals surface area contributed by atoms with E-state index in [1.54, 1.807) is 11.8 Å². The van der Waals surface area contributed by atoms with Crippen LogP contribution < -0.4 is 10.1 Å². The molecule has 0 fully saturated rings. The highest BCUT2D eigenvalue weighted by atomic mass is 32.2. The van der Waals surface area contributed by atoms with Crippen LogP contribution in [-0.4, -0.2) is 28.0 Å². The molecule has 0 aliphatic carbocycles. The van der Waals surface area contributed by atoms with Gasteiger partial charge in [-0.15, -0.1) is 10.2 Å². The maximum absolute atomic E-state index is 12.4. The SMILES string of the molecule is CCCSc1nnc(NC(=O)[C@H](CC)Oc2ccccc2C)s1. The molecule has 0 saturated heterocycles. The van der Waals surface area contributed by atoms with Gasteiger partial charge in [0.2, 0.25) is 5.13 Å². The Hall–Kier alpha value is -1.60. The van der Waals surface area contributed by atoms with Crippen molar-refractivity contribution in [2.45, 2.75) is 44.1 Å². The van der Waals surface area contributed by atoms with Gasteiger partial charge in [0, 0.05) is 5.75 Å². The number of hydrogen-bond acceptors (Lipinski definition) is 6. The molecule has 0 bridgehead atoms. The predicted molar refractivity (Wildman–Crippen MR) is 95.4 cm³/mol. The van der Waals surface area contributed by atoms with Crippen molar-refractivity contribution >= 4 is 34.1 Å². The number of para-hydroxylation sites is 1. The van der Waals surface area contributed by atoms with E-state index < -0.39 is 6.10 Å². The zero-order valence-electron chi connectivity index (χ0n) is 13.5. The van der Waals surface area contributed by atoms with E-state index in [-0.39, 0.29) is 5.91 Å². The Balaban J connectivity index is 1.97. The third-order valence-electron chi connectivity index (χ3n) is 3.09. The molecule has 0 radical (unpaired) electrons. The summed E-state index contributed by atoms with van der Waals surface area (Å²) in [4.78, 5) is 12.4. The molecule has 1 N–H and O–H groups in total. The van der Waals surface area contributed by atoms with Crippen LogP contribution in [0.15, 0.2) is 28.6 Å². The molecule has 0 unspecified atom stereocenters. The lowest BCUT2D eigenvalue weighted by molar-refractivity contribution is -0.122. The molecule has 5 nitrogen and oxygen atoms in total. The second kappa shape index (κ2) is 8.88. The molecule has 1 atom stereocenters. The average Bonchev–Trinajstić information content (AvgIpc) is 2.99. The zero-order valence-corrected chi connectivity index (χ0v) is 15.2. The highest BCUT2D eigenvalue weighted by molar-refractivity contribution is 8.01. The predicted octanol–water partition coefficient (Wildman–Crippen LogP) is 4.14. The van der Waals surface area contributed by atoms with Crippen molar-refractivity contribution in [2.75, 3.05) is 11.1 Å². The van der Waals surface area contributed by atoms with Gasteiger partial charge in [-0.3, -0.25) is 10.1 Å². The number of anilines is 1. The van der Waals surface area contributed by atoms with Gasteiger partial charge in [0.05, 0.1) is 0 Å². The van der Waals surface area contributed by atoms with Crippen LogP contribution in [0.5, 0.6) is 5.75 Å². The fourth-order valence-electron chi connectivity index (χ4n) is 1.86. The Morgan fingerprint density at radius 3 is 2.83 bits per heavy atom. The van der Waals surface area contributed by atoms with Crippen molar-refractivity contribution in [1.29, 1.82) is 0 Å². The molecule has 0 spiro atoms. The minimum Gasteiger partial charge on any atom is -0.480 e. The summed E-state index contributed by atoms with van der Waals surface area (Å²) < 4.78 is 6.71. The standard InChI is InChI=1S/C16H21N3O2S2/c1-4-10-22-16-19-18-15(23-16)17-14(20)12(5-2)21-13-9-7-6-8-11(13)3/h6-9,12H,4-5,10H2,1-3H3,(H,17,18,20)/t12-/m0/s1. The number of nitrogens with one attached hydrogen (secondary N) is 1. The molecule has 23 heavy (non-hydrogen) atoms. The van der Waals surface area contributed by atoms with Gasteiger partial charge in [0.25, 0.3) is 5.91 Å². The number of aromatic nitrogens is 2. The van der Waals surface area contributed by atoms with E-state index in [4.69, 9.17) is 4.74 Å². The van der Waals surface area contributed by atoms with E-state index >= 15 is 0 Å². The third kappa shape index (κ3) is 5.21. The number of ether oxygens (including phenoxy) is 1. The van der Waals surface area contributed by atoms with E-state index in [9.17, 15) is 4.79 Å². The van der Waals surface area contributed by atoms with E-state index in [0.717, 1.165) is 27.8 Å². The summed E-state index contributed by atoms with van der Waals surface area (Å²) in [6.45, 7) is 6.00. The summed E-state index contributed by atoms with van der Waals surface area (Å²) in [5, 5.41) is 11.4. The normalized spacial score (nSPS) is 12.0. The van der Waals surface area contributed by atoms with E-state index in [1.807, 2.05) is 38.1 Å². The molecular weight excluding hydrogens is 330 g/mol. The molecule has 0 aliphatic heterocycles. The number of rotatable bonds is 8. The molecule has 0 aliphatic rings. The monoisotopic (exact) mass is 351 g/mol. The number of nitrogens with zero attached hydrogens (tertiary/aromatic N) is 2. The molecular formula is C16H21N3O2S2. The summed E-state index contributed by atoms with van der Waals surface area (Å²) in [7, 11) is 0. The van der Waals surface area contributed by atoms with Gasteiger partial charge in [-0.1, -0.05) is 55.1 Å². The van der Waals surface area contributed by atoms with Gasteiger partial charge in [0.1, 0.15) is 5.75 Å². The number of thioether (sulfide) groups is 1. The maximum atomic E-state index is 12.4. The van der Waals surface area contributed by atoms with Crippen molar-refractivity contribution < 1.29 is 9.53 Å². The van der Waals surface area contributed by atoms with Crippen LogP contribution in [-0.2, 0) is 4.79 Å². The quantitative estimate of drug-likeness (QED) is 0.572. The van der Waals surface area contributed by atoms with Crippen LogP contribution >= 0.6 is 23.1 Å². The van der Waals surface area contributed by atoms with Crippen molar-refractivity contribution in [2.24, 2.45) is 0 Å². The van der Waals surface area contributed by atoms with Crippen LogP contribution in [0.3, 0.4) is 0 Å². The molecule has 1 aromatic heterocycles. The summed E-state index contributed by atoms with van der Waals surface area (Å²) in [5.41, 5.74) is 1.01. The third-order valence-corrected chi connectivity index (χ3v) is 5.27. The van der Waals surface area contributed by atoms with Crippen LogP contribution in [0.25, 0.3) is 0 Å². The van der Waals surface area contributed by atoms with Gasteiger partial charge in [0.15, 0.2) is 10.4 Å². The van der Waals surface area contributed by atoms with Crippen molar-refractivity contribution in [1.82, 2.24) is 10.2 Å². The molecule has 0 saturated carbocycles. The van der Waals surface area contributed by atoms with Crippen molar-refractivity contribution in [3.05, 3.63) is 29.8 Å². The first-order valence-corrected chi connectivity index (χ1v) is 9.43. The molecule has 124 valence electrons. The first kappa shape index (κ1) is 17.7. The largest absolute Gasteiger partial charge is 0.480 e. The molecule has 1 aromatic carbocycles. The number of benzene rings is 1. The Labute approximate surface area is 144 Å². The summed E-state index contributed by atoms with van der Waals surface area (Å²) >= 11 is 3.04. The summed E-state index contributed by atoms with van der Waals surface area (Å²) in [6.07, 6.45) is 1.11. The van der Waals surface area contributed by atoms with Gasteiger partial charge < -0.3 is 4.74 Å². The average molecular weight is 351 g/mol. The lowest BCUT2D eigenvalue weighted by atomic mass is 10.2. The fraction of sp³-hybridized carbons (Fsp3) is 0.438. The van der Waals surface area contributed by atoms with Crippen LogP contribution in [0.4, 0.5) is 5.13 Å². The van der Waals surface area contributed by atoms with Gasteiger partial charge in [-0.25, -0.2) is 0 Å². The molecule has 1 amide bonds. The van der Waals surface area contributed by atoms with Crippen LogP contribution in [0, 0.1) is 6.92 Å². The Bertz CT molecular complexity index is 646. The summed E-state index contributed by atoms with van der Waals surface area (Å²) in [6, 6.07) is 7.67. The minimum atomic E-state index is -0.549. The topological polar surface area (TPSA) is 64.1 Å². The first-order valence-electron chi connectivity index (χ1n) is 7.63. The first-order chi connectivity index (χ1) is 11.1. The van der Waals surface area contributed by atoms with E-state index in [1.165, 1.54) is 11.3 Å². The van der Waals surface area contributed by atoms with Gasteiger partial charge >= 0.3 is 0 Å². The lowest BCUT2D eigenvalue weighted by Gasteiger charge is -2.17. The highest BCUT2D eigenvalue weighted by Gasteiger charge is 2.20. The van der Waals surface area contributed by atoms with Gasteiger partial charge in [-0.2, -0.15) is 0 Å². The summed E-state index contributed by atoms with van der Waals surface area (Å²) in [5.74, 6) is 1.53. The van der Waals surface area contributed by atoms with Crippen LogP contribution in [0.2, 0.25) is 0 Å². The van der Waals surface area contributed by atoms with Crippen LogP contribution in [0.1, 0.15) is 32.3 Å². The van der Waals surface area contributed by atoms with E-state index in [0.29, 0.717) is 11.6 Å². The number of aryl methyl sites for hydroxylation is 1. The second-order valence-electron chi connectivity index (χ2n) is 4.99. The highest BCUT2D eigenvalue weighted by Crippen LogP contribution is 2.26. The maximum Gasteiger partial charge on any atom is 0.267 e. The fourth-order valence-corrected chi connectivity index (χ4v) is 3.54. The number of carbonyl (C=O) groups excluding carboxylic acids is 1. The number of hydrogen-bond donors (Lipinski definition) is 1. The Morgan fingerprint density at radius 1 is 1.35 bits per heavy atom. The lowest BCUT2D eigenvalue weighted by Crippen LogP contribution is -2.32. The second-order valence-corrected chi connectivity index (χ2v) is 7.31. The molecule has 2 aromatic rings. The van der Waals surface area contributed by atoms with Gasteiger partial charge in [-0.05, 0) is 31.4 Å². The van der Waals surface area contributed by atoms with Crippen molar-refractivity contribution in [3.63, 3.8) is 0 Å². The smallest absolute Gasteiger partial charge is 0.267 e. The Kier molecular flexibility index (Phi) is 6.85. The Morgan fingerprint density at radius 2 is 2.13 bits per heavy atom. The molecule has 2 rings (SSSR count).